The van der Waals surface area contributed by atoms with Gasteiger partial charge in [0.05, 0.1) is 11.4 Å². The van der Waals surface area contributed by atoms with E-state index >= 15 is 0 Å². The first-order chi connectivity index (χ1) is 11.2. The van der Waals surface area contributed by atoms with Gasteiger partial charge in [-0.25, -0.2) is 4.79 Å². The second-order valence-corrected chi connectivity index (χ2v) is 6.21. The lowest BCUT2D eigenvalue weighted by Crippen LogP contribution is -2.34. The molecule has 1 aliphatic heterocycles. The van der Waals surface area contributed by atoms with Crippen LogP contribution in [0.5, 0.6) is 0 Å². The van der Waals surface area contributed by atoms with Crippen LogP contribution in [-0.2, 0) is 0 Å². The van der Waals surface area contributed by atoms with Gasteiger partial charge in [0.2, 0.25) is 0 Å². The molecule has 5 heteroatoms. The van der Waals surface area contributed by atoms with Crippen molar-refractivity contribution >= 4 is 17.4 Å². The third-order valence-corrected chi connectivity index (χ3v) is 4.38. The van der Waals surface area contributed by atoms with Gasteiger partial charge in [-0.1, -0.05) is 25.5 Å². The molecule has 1 fully saturated rings. The number of carbonyl (C=O) groups excluding carboxylic acids is 1. The molecule has 0 aromatic heterocycles. The Morgan fingerprint density at radius 1 is 1.26 bits per heavy atom. The number of rotatable bonds is 8. The molecule has 2 rings (SSSR count). The molecule has 3 N–H and O–H groups in total. The number of anilines is 2. The average Bonchev–Trinajstić information content (AvgIpc) is 3.08. The van der Waals surface area contributed by atoms with E-state index in [9.17, 15) is 4.79 Å². The van der Waals surface area contributed by atoms with Crippen LogP contribution in [0.2, 0.25) is 0 Å². The van der Waals surface area contributed by atoms with Crippen molar-refractivity contribution in [3.63, 3.8) is 0 Å². The lowest BCUT2D eigenvalue weighted by atomic mass is 10.0. The highest BCUT2D eigenvalue weighted by atomic mass is 16.3. The summed E-state index contributed by atoms with van der Waals surface area (Å²) in [6, 6.07) is 7.79. The third kappa shape index (κ3) is 5.43. The van der Waals surface area contributed by atoms with Gasteiger partial charge in [-0.05, 0) is 43.7 Å². The van der Waals surface area contributed by atoms with Gasteiger partial charge in [0.15, 0.2) is 0 Å². The fraction of sp³-hybridized carbons (Fsp3) is 0.611. The van der Waals surface area contributed by atoms with Crippen molar-refractivity contribution in [2.24, 2.45) is 5.92 Å². The maximum absolute atomic E-state index is 12.2. The topological polar surface area (TPSA) is 64.6 Å². The molecule has 1 aromatic rings. The SMILES string of the molecule is CCCC(CCO)CNC(=O)Nc1ccccc1N1CCCC1. The van der Waals surface area contributed by atoms with Gasteiger partial charge in [-0.3, -0.25) is 0 Å². The average molecular weight is 319 g/mol. The van der Waals surface area contributed by atoms with Gasteiger partial charge in [0, 0.05) is 26.2 Å². The molecule has 1 aliphatic rings. The highest BCUT2D eigenvalue weighted by molar-refractivity contribution is 5.93. The Balaban J connectivity index is 1.89. The summed E-state index contributed by atoms with van der Waals surface area (Å²) < 4.78 is 0. The number of hydrogen-bond donors (Lipinski definition) is 3. The number of nitrogens with one attached hydrogen (secondary N) is 2. The van der Waals surface area contributed by atoms with Crippen molar-refractivity contribution in [1.82, 2.24) is 5.32 Å². The van der Waals surface area contributed by atoms with Gasteiger partial charge < -0.3 is 20.6 Å². The summed E-state index contributed by atoms with van der Waals surface area (Å²) in [5.74, 6) is 0.338. The number of urea groups is 1. The van der Waals surface area contributed by atoms with Gasteiger partial charge in [-0.15, -0.1) is 0 Å². The molecule has 1 heterocycles. The predicted octanol–water partition coefficient (Wildman–Crippen LogP) is 3.21. The van der Waals surface area contributed by atoms with E-state index in [2.05, 4.69) is 28.5 Å². The molecular weight excluding hydrogens is 290 g/mol. The van der Waals surface area contributed by atoms with E-state index in [-0.39, 0.29) is 12.6 Å². The molecule has 23 heavy (non-hydrogen) atoms. The maximum atomic E-state index is 12.2. The number of aliphatic hydroxyl groups is 1. The van der Waals surface area contributed by atoms with Crippen LogP contribution in [0, 0.1) is 5.92 Å². The number of nitrogens with zero attached hydrogens (tertiary/aromatic N) is 1. The normalized spacial score (nSPS) is 15.5. The van der Waals surface area contributed by atoms with Gasteiger partial charge in [0.1, 0.15) is 0 Å². The smallest absolute Gasteiger partial charge is 0.319 e. The molecule has 5 nitrogen and oxygen atoms in total. The Hall–Kier alpha value is -1.75. The van der Waals surface area contributed by atoms with Crippen LogP contribution in [-0.4, -0.2) is 37.4 Å². The lowest BCUT2D eigenvalue weighted by Gasteiger charge is -2.22. The summed E-state index contributed by atoms with van der Waals surface area (Å²) in [6.07, 6.45) is 5.23. The Kier molecular flexibility index (Phi) is 7.20. The predicted molar refractivity (Wildman–Crippen MR) is 95.0 cm³/mol. The number of amides is 2. The van der Waals surface area contributed by atoms with Crippen molar-refractivity contribution < 1.29 is 9.90 Å². The first kappa shape index (κ1) is 17.6. The Morgan fingerprint density at radius 2 is 2.00 bits per heavy atom. The van der Waals surface area contributed by atoms with Crippen LogP contribution in [0.1, 0.15) is 39.0 Å². The van der Waals surface area contributed by atoms with E-state index in [1.807, 2.05) is 18.2 Å². The molecule has 1 aromatic carbocycles. The van der Waals surface area contributed by atoms with Crippen molar-refractivity contribution in [1.29, 1.82) is 0 Å². The zero-order valence-corrected chi connectivity index (χ0v) is 14.1. The second-order valence-electron chi connectivity index (χ2n) is 6.21. The second kappa shape index (κ2) is 9.40. The van der Waals surface area contributed by atoms with Crippen LogP contribution in [0.4, 0.5) is 16.2 Å². The number of para-hydroxylation sites is 2. The zero-order chi connectivity index (χ0) is 16.5. The molecule has 0 bridgehead atoms. The minimum atomic E-state index is -0.171. The highest BCUT2D eigenvalue weighted by Crippen LogP contribution is 2.28. The van der Waals surface area contributed by atoms with E-state index in [0.717, 1.165) is 43.7 Å². The molecule has 0 radical (unpaired) electrons. The van der Waals surface area contributed by atoms with Crippen LogP contribution in [0.3, 0.4) is 0 Å². The van der Waals surface area contributed by atoms with E-state index in [4.69, 9.17) is 5.11 Å². The lowest BCUT2D eigenvalue weighted by molar-refractivity contribution is 0.237. The minimum Gasteiger partial charge on any atom is -0.396 e. The third-order valence-electron chi connectivity index (χ3n) is 4.38. The van der Waals surface area contributed by atoms with E-state index in [1.54, 1.807) is 0 Å². The quantitative estimate of drug-likeness (QED) is 0.689. The number of carbonyl (C=O) groups is 1. The molecule has 2 amide bonds. The molecule has 1 unspecified atom stereocenters. The van der Waals surface area contributed by atoms with E-state index < -0.39 is 0 Å². The largest absolute Gasteiger partial charge is 0.396 e. The summed E-state index contributed by atoms with van der Waals surface area (Å²) in [6.45, 7) is 5.00. The maximum Gasteiger partial charge on any atom is 0.319 e. The van der Waals surface area contributed by atoms with Gasteiger partial charge in [0.25, 0.3) is 0 Å². The zero-order valence-electron chi connectivity index (χ0n) is 14.1. The Morgan fingerprint density at radius 3 is 2.70 bits per heavy atom. The van der Waals surface area contributed by atoms with Crippen molar-refractivity contribution in [2.75, 3.05) is 36.5 Å². The fourth-order valence-electron chi connectivity index (χ4n) is 3.16. The van der Waals surface area contributed by atoms with E-state index in [0.29, 0.717) is 12.5 Å². The summed E-state index contributed by atoms with van der Waals surface area (Å²) in [5.41, 5.74) is 1.96. The number of benzene rings is 1. The van der Waals surface area contributed by atoms with Crippen molar-refractivity contribution in [2.45, 2.75) is 39.0 Å². The molecule has 0 spiro atoms. The minimum absolute atomic E-state index is 0.171. The van der Waals surface area contributed by atoms with Gasteiger partial charge >= 0.3 is 6.03 Å². The van der Waals surface area contributed by atoms with Crippen molar-refractivity contribution in [3.05, 3.63) is 24.3 Å². The fourth-order valence-corrected chi connectivity index (χ4v) is 3.16. The first-order valence-corrected chi connectivity index (χ1v) is 8.74. The van der Waals surface area contributed by atoms with Crippen LogP contribution in [0.25, 0.3) is 0 Å². The molecule has 0 aliphatic carbocycles. The Bertz CT molecular complexity index is 481. The summed E-state index contributed by atoms with van der Waals surface area (Å²) in [7, 11) is 0. The first-order valence-electron chi connectivity index (χ1n) is 8.74. The van der Waals surface area contributed by atoms with Gasteiger partial charge in [-0.2, -0.15) is 0 Å². The van der Waals surface area contributed by atoms with Crippen LogP contribution in [0.15, 0.2) is 24.3 Å². The molecular formula is C18H29N3O2. The van der Waals surface area contributed by atoms with E-state index in [1.165, 1.54) is 12.8 Å². The molecule has 128 valence electrons. The summed E-state index contributed by atoms with van der Waals surface area (Å²) >= 11 is 0. The summed E-state index contributed by atoms with van der Waals surface area (Å²) in [5, 5.41) is 15.0. The number of hydrogen-bond acceptors (Lipinski definition) is 3. The Labute approximate surface area is 139 Å². The standard InChI is InChI=1S/C18H29N3O2/c1-2-7-15(10-13-22)14-19-18(23)20-16-8-3-4-9-17(16)21-11-5-6-12-21/h3-4,8-9,15,22H,2,5-7,10-14H2,1H3,(H2,19,20,23). The van der Waals surface area contributed by atoms with Crippen LogP contribution >= 0.6 is 0 Å². The molecule has 1 saturated heterocycles. The van der Waals surface area contributed by atoms with Crippen molar-refractivity contribution in [3.8, 4) is 0 Å². The highest BCUT2D eigenvalue weighted by Gasteiger charge is 2.16. The molecule has 1 atom stereocenters. The molecule has 0 saturated carbocycles. The van der Waals surface area contributed by atoms with Crippen LogP contribution < -0.4 is 15.5 Å². The monoisotopic (exact) mass is 319 g/mol. The summed E-state index contributed by atoms with van der Waals surface area (Å²) in [4.78, 5) is 14.5. The number of aliphatic hydroxyl groups excluding tert-OH is 1.